The van der Waals surface area contributed by atoms with E-state index in [4.69, 9.17) is 11.6 Å². The van der Waals surface area contributed by atoms with E-state index < -0.39 is 11.6 Å². The molecule has 4 amide bonds. The lowest BCUT2D eigenvalue weighted by Gasteiger charge is -2.40. The molecule has 4 heterocycles. The molecule has 1 aromatic carbocycles. The van der Waals surface area contributed by atoms with Gasteiger partial charge in [0.2, 0.25) is 0 Å². The summed E-state index contributed by atoms with van der Waals surface area (Å²) >= 11 is 7.51. The number of nitrogens with one attached hydrogen (secondary N) is 4. The number of likely N-dealkylation sites (tertiary alicyclic amines) is 1. The number of aromatic nitrogens is 2. The molecule has 0 aliphatic carbocycles. The summed E-state index contributed by atoms with van der Waals surface area (Å²) in [7, 11) is 2.05. The number of H-pyrrole nitrogens is 1. The van der Waals surface area contributed by atoms with E-state index >= 15 is 0 Å². The fourth-order valence-corrected chi connectivity index (χ4v) is 6.25. The molecule has 1 fully saturated rings. The normalized spacial score (nSPS) is 20.0. The largest absolute Gasteiger partial charge is 0.351 e. The number of aromatic amines is 1. The molecule has 1 saturated heterocycles. The Bertz CT molecular complexity index is 1410. The van der Waals surface area contributed by atoms with Crippen LogP contribution in [0.3, 0.4) is 0 Å². The maximum atomic E-state index is 13.3. The lowest BCUT2D eigenvalue weighted by Crippen LogP contribution is -2.63. The number of carbonyl (C=O) groups excluding carboxylic acids is 3. The van der Waals surface area contributed by atoms with Gasteiger partial charge in [0.25, 0.3) is 11.8 Å². The highest BCUT2D eigenvalue weighted by Gasteiger charge is 2.35. The number of halogens is 1. The Morgan fingerprint density at radius 1 is 1.10 bits per heavy atom. The zero-order valence-corrected chi connectivity index (χ0v) is 24.1. The fraction of sp³-hybridized carbons (Fsp3) is 0.481. The smallest absolute Gasteiger partial charge is 0.317 e. The Balaban J connectivity index is 1.33. The monoisotopic (exact) mass is 571 g/mol. The first kappa shape index (κ1) is 27.4. The molecule has 3 aromatic rings. The van der Waals surface area contributed by atoms with E-state index in [1.165, 1.54) is 11.3 Å². The minimum Gasteiger partial charge on any atom is -0.351 e. The number of hydrogen-bond acceptors (Lipinski definition) is 6. The minimum absolute atomic E-state index is 0.202. The standard InChI is InChI=1S/C27H34ClN7O3S/c1-27(2,3)33-26(38)35-10-8-18(30-23(36)20-12-15-11-16(28)5-6-17(15)29-20)21(13-35)31-24(37)25-32-19-7-9-34(4)14-22(19)39-25/h5-6,11-12,18,21,29H,7-10,13-14H2,1-4H3,(H,30,36)(H,31,37)(H,33,38)/t18?,21-/m1/s1. The van der Waals surface area contributed by atoms with Crippen LogP contribution in [0.25, 0.3) is 10.9 Å². The van der Waals surface area contributed by atoms with Crippen molar-refractivity contribution >= 4 is 51.7 Å². The van der Waals surface area contributed by atoms with Crippen molar-refractivity contribution in [3.8, 4) is 0 Å². The Kier molecular flexibility index (Phi) is 7.58. The molecule has 1 unspecified atom stereocenters. The molecule has 2 aromatic heterocycles. The first-order chi connectivity index (χ1) is 18.4. The summed E-state index contributed by atoms with van der Waals surface area (Å²) in [5, 5.41) is 11.0. The Morgan fingerprint density at radius 2 is 1.87 bits per heavy atom. The first-order valence-corrected chi connectivity index (χ1v) is 14.3. The lowest BCUT2D eigenvalue weighted by molar-refractivity contribution is 0.0823. The number of benzene rings is 1. The van der Waals surface area contributed by atoms with E-state index in [9.17, 15) is 14.4 Å². The van der Waals surface area contributed by atoms with Crippen LogP contribution in [0.4, 0.5) is 4.79 Å². The van der Waals surface area contributed by atoms with Gasteiger partial charge in [-0.1, -0.05) is 11.6 Å². The number of urea groups is 1. The van der Waals surface area contributed by atoms with Crippen LogP contribution in [0.5, 0.6) is 0 Å². The maximum Gasteiger partial charge on any atom is 0.317 e. The van der Waals surface area contributed by atoms with Crippen LogP contribution >= 0.6 is 22.9 Å². The summed E-state index contributed by atoms with van der Waals surface area (Å²) < 4.78 is 0. The number of amides is 4. The van der Waals surface area contributed by atoms with Crippen molar-refractivity contribution in [3.05, 3.63) is 50.6 Å². The summed E-state index contributed by atoms with van der Waals surface area (Å²) in [5.74, 6) is -0.577. The van der Waals surface area contributed by atoms with Crippen molar-refractivity contribution in [3.63, 3.8) is 0 Å². The molecule has 0 spiro atoms. The highest BCUT2D eigenvalue weighted by Crippen LogP contribution is 2.25. The van der Waals surface area contributed by atoms with Crippen LogP contribution in [0.15, 0.2) is 24.3 Å². The highest BCUT2D eigenvalue weighted by atomic mass is 35.5. The average molecular weight is 572 g/mol. The van der Waals surface area contributed by atoms with Crippen LogP contribution in [0.2, 0.25) is 5.02 Å². The second kappa shape index (κ2) is 10.8. The third kappa shape index (κ3) is 6.37. The van der Waals surface area contributed by atoms with Crippen molar-refractivity contribution in [1.82, 2.24) is 35.7 Å². The quantitative estimate of drug-likeness (QED) is 0.382. The number of nitrogens with zero attached hydrogens (tertiary/aromatic N) is 3. The molecule has 0 bridgehead atoms. The molecule has 4 N–H and O–H groups in total. The topological polar surface area (TPSA) is 122 Å². The predicted octanol–water partition coefficient (Wildman–Crippen LogP) is 3.38. The van der Waals surface area contributed by atoms with Gasteiger partial charge >= 0.3 is 6.03 Å². The van der Waals surface area contributed by atoms with Crippen molar-refractivity contribution in [2.75, 3.05) is 26.7 Å². The molecule has 10 nitrogen and oxygen atoms in total. The lowest BCUT2D eigenvalue weighted by atomic mass is 9.98. The van der Waals surface area contributed by atoms with Gasteiger partial charge in [-0.05, 0) is 58.5 Å². The summed E-state index contributed by atoms with van der Waals surface area (Å²) in [6.07, 6.45) is 1.30. The van der Waals surface area contributed by atoms with Gasteiger partial charge in [-0.15, -0.1) is 11.3 Å². The van der Waals surface area contributed by atoms with Crippen LogP contribution in [-0.2, 0) is 13.0 Å². The van der Waals surface area contributed by atoms with Crippen LogP contribution < -0.4 is 16.0 Å². The summed E-state index contributed by atoms with van der Waals surface area (Å²) in [6.45, 7) is 8.16. The Labute approximate surface area is 236 Å². The Morgan fingerprint density at radius 3 is 2.64 bits per heavy atom. The number of fused-ring (bicyclic) bond motifs is 2. The molecular weight excluding hydrogens is 538 g/mol. The van der Waals surface area contributed by atoms with E-state index in [-0.39, 0.29) is 30.4 Å². The number of likely N-dealkylation sites (N-methyl/N-ethyl adjacent to an activating group) is 1. The van der Waals surface area contributed by atoms with E-state index in [2.05, 4.69) is 37.9 Å². The summed E-state index contributed by atoms with van der Waals surface area (Å²) in [6, 6.07) is 6.07. The third-order valence-corrected chi connectivity index (χ3v) is 8.27. The second-order valence-electron chi connectivity index (χ2n) is 11.4. The molecule has 208 valence electrons. The number of rotatable bonds is 4. The van der Waals surface area contributed by atoms with Crippen LogP contribution in [-0.4, -0.2) is 81.9 Å². The van der Waals surface area contributed by atoms with Gasteiger partial charge in [-0.3, -0.25) is 9.59 Å². The number of thiazole rings is 1. The fourth-order valence-electron chi connectivity index (χ4n) is 4.98. The van der Waals surface area contributed by atoms with E-state index in [0.717, 1.165) is 41.0 Å². The van der Waals surface area contributed by atoms with Crippen molar-refractivity contribution in [2.45, 2.75) is 57.8 Å². The molecule has 39 heavy (non-hydrogen) atoms. The highest BCUT2D eigenvalue weighted by molar-refractivity contribution is 7.13. The minimum atomic E-state index is -0.497. The summed E-state index contributed by atoms with van der Waals surface area (Å²) in [4.78, 5) is 52.3. The zero-order chi connectivity index (χ0) is 27.9. The molecular formula is C27H34ClN7O3S. The third-order valence-electron chi connectivity index (χ3n) is 6.96. The Hall–Kier alpha value is -3.15. The van der Waals surface area contributed by atoms with Gasteiger partial charge < -0.3 is 30.7 Å². The maximum absolute atomic E-state index is 13.3. The first-order valence-electron chi connectivity index (χ1n) is 13.1. The molecule has 0 saturated carbocycles. The zero-order valence-electron chi connectivity index (χ0n) is 22.6. The van der Waals surface area contributed by atoms with Crippen molar-refractivity contribution in [1.29, 1.82) is 0 Å². The number of carbonyl (C=O) groups is 3. The van der Waals surface area contributed by atoms with Gasteiger partial charge in [0.1, 0.15) is 5.69 Å². The van der Waals surface area contributed by atoms with Gasteiger partial charge in [-0.2, -0.15) is 0 Å². The van der Waals surface area contributed by atoms with E-state index in [0.29, 0.717) is 28.7 Å². The van der Waals surface area contributed by atoms with Gasteiger partial charge in [0.15, 0.2) is 5.01 Å². The van der Waals surface area contributed by atoms with Gasteiger partial charge in [-0.25, -0.2) is 9.78 Å². The number of hydrogen-bond donors (Lipinski definition) is 4. The predicted molar refractivity (Wildman–Crippen MR) is 152 cm³/mol. The molecule has 0 radical (unpaired) electrons. The van der Waals surface area contributed by atoms with Crippen molar-refractivity contribution < 1.29 is 14.4 Å². The van der Waals surface area contributed by atoms with Crippen LogP contribution in [0.1, 0.15) is 58.1 Å². The molecule has 12 heteroatoms. The molecule has 2 atom stereocenters. The second-order valence-corrected chi connectivity index (χ2v) is 12.9. The molecule has 5 rings (SSSR count). The SMILES string of the molecule is CN1CCc2nc(C(=O)N[C@@H]3CN(C(=O)NC(C)(C)C)CCC3NC(=O)c3cc4cc(Cl)ccc4[nH]3)sc2C1. The number of piperidine rings is 1. The van der Waals surface area contributed by atoms with Crippen LogP contribution in [0, 0.1) is 0 Å². The van der Waals surface area contributed by atoms with Gasteiger partial charge in [0, 0.05) is 58.9 Å². The van der Waals surface area contributed by atoms with Gasteiger partial charge in [0.05, 0.1) is 17.8 Å². The van der Waals surface area contributed by atoms with E-state index in [1.54, 1.807) is 23.1 Å². The van der Waals surface area contributed by atoms with Crippen molar-refractivity contribution in [2.24, 2.45) is 0 Å². The molecule has 2 aliphatic rings. The summed E-state index contributed by atoms with van der Waals surface area (Å²) in [5.41, 5.74) is 1.79. The average Bonchev–Trinajstić information content (AvgIpc) is 3.47. The van der Waals surface area contributed by atoms with E-state index in [1.807, 2.05) is 26.8 Å². The molecule has 2 aliphatic heterocycles.